The Morgan fingerprint density at radius 1 is 1.00 bits per heavy atom. The number of benzene rings is 2. The molecule has 0 aliphatic carbocycles. The van der Waals surface area contributed by atoms with Gasteiger partial charge in [0, 0.05) is 19.0 Å². The number of piperidine rings is 1. The first-order chi connectivity index (χ1) is 13.6. The topological polar surface area (TPSA) is 64.4 Å². The molecule has 148 valence electrons. The van der Waals surface area contributed by atoms with Crippen LogP contribution in [0.25, 0.3) is 10.9 Å². The number of rotatable bonds is 6. The van der Waals surface area contributed by atoms with Crippen molar-refractivity contribution in [3.05, 3.63) is 48.5 Å². The fourth-order valence-corrected chi connectivity index (χ4v) is 5.19. The molecule has 2 aromatic carbocycles. The highest BCUT2D eigenvalue weighted by atomic mass is 32.2. The second kappa shape index (κ2) is 7.93. The Balaban J connectivity index is 1.62. The first kappa shape index (κ1) is 19.0. The second-order valence-electron chi connectivity index (χ2n) is 7.15. The van der Waals surface area contributed by atoms with E-state index in [-0.39, 0.29) is 9.92 Å². The van der Waals surface area contributed by atoms with Gasteiger partial charge in [-0.05, 0) is 50.2 Å². The molecule has 0 radical (unpaired) electrons. The summed E-state index contributed by atoms with van der Waals surface area (Å²) >= 11 is 0. The molecule has 0 saturated carbocycles. The third kappa shape index (κ3) is 3.64. The predicted molar refractivity (Wildman–Crippen MR) is 108 cm³/mol. The van der Waals surface area contributed by atoms with Crippen LogP contribution in [-0.4, -0.2) is 49.3 Å². The molecule has 1 fully saturated rings. The first-order valence-corrected chi connectivity index (χ1v) is 11.2. The van der Waals surface area contributed by atoms with Gasteiger partial charge in [0.2, 0.25) is 9.84 Å². The maximum atomic E-state index is 13.1. The Labute approximate surface area is 165 Å². The quantitative estimate of drug-likeness (QED) is 0.637. The van der Waals surface area contributed by atoms with Crippen molar-refractivity contribution in [2.45, 2.75) is 29.2 Å². The summed E-state index contributed by atoms with van der Waals surface area (Å²) in [5.74, 6) is 0.666. The lowest BCUT2D eigenvalue weighted by Gasteiger charge is -2.26. The molecule has 0 atom stereocenters. The van der Waals surface area contributed by atoms with Gasteiger partial charge in [-0.3, -0.25) is 9.58 Å². The van der Waals surface area contributed by atoms with Crippen molar-refractivity contribution in [2.24, 2.45) is 7.05 Å². The molecular weight excluding hydrogens is 374 g/mol. The van der Waals surface area contributed by atoms with Gasteiger partial charge in [-0.25, -0.2) is 8.42 Å². The second-order valence-corrected chi connectivity index (χ2v) is 9.01. The number of fused-ring (bicyclic) bond motifs is 1. The highest BCUT2D eigenvalue weighted by Crippen LogP contribution is 2.32. The SMILES string of the molecule is Cn1nc(S(=O)(=O)c2ccccc2)c2cccc(OCCN3CCCCC3)c21. The fourth-order valence-electron chi connectivity index (χ4n) is 3.76. The van der Waals surface area contributed by atoms with E-state index < -0.39 is 9.84 Å². The molecule has 4 rings (SSSR count). The largest absolute Gasteiger partial charge is 0.490 e. The van der Waals surface area contributed by atoms with Crippen LogP contribution in [0.15, 0.2) is 58.5 Å². The molecule has 1 saturated heterocycles. The lowest BCUT2D eigenvalue weighted by atomic mass is 10.1. The minimum absolute atomic E-state index is 0.0673. The van der Waals surface area contributed by atoms with Crippen LogP contribution in [0.3, 0.4) is 0 Å². The van der Waals surface area contributed by atoms with Crippen molar-refractivity contribution in [3.8, 4) is 5.75 Å². The number of aryl methyl sites for hydroxylation is 1. The number of para-hydroxylation sites is 1. The summed E-state index contributed by atoms with van der Waals surface area (Å²) in [5, 5.41) is 4.99. The van der Waals surface area contributed by atoms with E-state index in [0.29, 0.717) is 23.3 Å². The molecule has 0 amide bonds. The molecule has 28 heavy (non-hydrogen) atoms. The van der Waals surface area contributed by atoms with Gasteiger partial charge in [0.15, 0.2) is 5.03 Å². The number of likely N-dealkylation sites (tertiary alicyclic amines) is 1. The van der Waals surface area contributed by atoms with Gasteiger partial charge >= 0.3 is 0 Å². The molecule has 2 heterocycles. The molecule has 0 spiro atoms. The standard InChI is InChI=1S/C21H25N3O3S/c1-23-20-18(21(22-23)28(25,26)17-9-4-2-5-10-17)11-8-12-19(20)27-16-15-24-13-6-3-7-14-24/h2,4-5,8-12H,3,6-7,13-16H2,1H3. The van der Waals surface area contributed by atoms with Crippen LogP contribution in [0.1, 0.15) is 19.3 Å². The number of ether oxygens (including phenoxy) is 1. The molecule has 0 unspecified atom stereocenters. The summed E-state index contributed by atoms with van der Waals surface area (Å²) in [4.78, 5) is 2.66. The number of hydrogen-bond acceptors (Lipinski definition) is 5. The Bertz CT molecular complexity index is 1060. The smallest absolute Gasteiger partial charge is 0.226 e. The van der Waals surface area contributed by atoms with Crippen LogP contribution >= 0.6 is 0 Å². The van der Waals surface area contributed by atoms with E-state index in [1.54, 1.807) is 48.1 Å². The van der Waals surface area contributed by atoms with Gasteiger partial charge in [0.25, 0.3) is 0 Å². The summed E-state index contributed by atoms with van der Waals surface area (Å²) in [6, 6.07) is 13.9. The van der Waals surface area contributed by atoms with E-state index in [2.05, 4.69) is 10.00 Å². The van der Waals surface area contributed by atoms with Gasteiger partial charge in [-0.15, -0.1) is 0 Å². The molecule has 1 aromatic heterocycles. The summed E-state index contributed by atoms with van der Waals surface area (Å²) in [5.41, 5.74) is 0.704. The van der Waals surface area contributed by atoms with Crippen LogP contribution in [0.5, 0.6) is 5.75 Å². The number of aromatic nitrogens is 2. The molecule has 7 heteroatoms. The van der Waals surface area contributed by atoms with E-state index in [1.165, 1.54) is 19.3 Å². The van der Waals surface area contributed by atoms with Gasteiger partial charge in [-0.2, -0.15) is 5.10 Å². The zero-order valence-electron chi connectivity index (χ0n) is 16.0. The van der Waals surface area contributed by atoms with Crippen molar-refractivity contribution in [1.82, 2.24) is 14.7 Å². The van der Waals surface area contributed by atoms with Crippen molar-refractivity contribution in [2.75, 3.05) is 26.2 Å². The maximum absolute atomic E-state index is 13.1. The molecule has 1 aliphatic rings. The zero-order chi connectivity index (χ0) is 19.6. The van der Waals surface area contributed by atoms with Gasteiger partial charge in [-0.1, -0.05) is 30.7 Å². The van der Waals surface area contributed by atoms with E-state index in [9.17, 15) is 8.42 Å². The van der Waals surface area contributed by atoms with Crippen LogP contribution in [0.2, 0.25) is 0 Å². The highest BCUT2D eigenvalue weighted by molar-refractivity contribution is 7.91. The number of sulfone groups is 1. The fraction of sp³-hybridized carbons (Fsp3) is 0.381. The Morgan fingerprint density at radius 3 is 2.50 bits per heavy atom. The summed E-state index contributed by atoms with van der Waals surface area (Å²) in [6.45, 7) is 3.70. The first-order valence-electron chi connectivity index (χ1n) is 9.68. The van der Waals surface area contributed by atoms with Crippen LogP contribution in [0, 0.1) is 0 Å². The normalized spacial score (nSPS) is 15.8. The maximum Gasteiger partial charge on any atom is 0.226 e. The Hall–Kier alpha value is -2.38. The third-order valence-electron chi connectivity index (χ3n) is 5.22. The van der Waals surface area contributed by atoms with E-state index in [1.807, 2.05) is 12.1 Å². The monoisotopic (exact) mass is 399 g/mol. The molecular formula is C21H25N3O3S. The lowest BCUT2D eigenvalue weighted by Crippen LogP contribution is -2.33. The summed E-state index contributed by atoms with van der Waals surface area (Å²) in [6.07, 6.45) is 3.81. The lowest BCUT2D eigenvalue weighted by molar-refractivity contribution is 0.184. The van der Waals surface area contributed by atoms with Crippen LogP contribution in [-0.2, 0) is 16.9 Å². The summed E-state index contributed by atoms with van der Waals surface area (Å²) < 4.78 is 33.8. The van der Waals surface area contributed by atoms with Gasteiger partial charge < -0.3 is 4.74 Å². The van der Waals surface area contributed by atoms with Crippen LogP contribution in [0.4, 0.5) is 0 Å². The van der Waals surface area contributed by atoms with Crippen molar-refractivity contribution in [3.63, 3.8) is 0 Å². The molecule has 3 aromatic rings. The molecule has 0 N–H and O–H groups in total. The molecule has 1 aliphatic heterocycles. The van der Waals surface area contributed by atoms with Crippen LogP contribution < -0.4 is 4.74 Å². The number of hydrogen-bond donors (Lipinski definition) is 0. The van der Waals surface area contributed by atoms with Crippen molar-refractivity contribution in [1.29, 1.82) is 0 Å². The average Bonchev–Trinajstić information content (AvgIpc) is 3.08. The van der Waals surface area contributed by atoms with Gasteiger partial charge in [0.05, 0.1) is 4.90 Å². The van der Waals surface area contributed by atoms with E-state index in [0.717, 1.165) is 19.6 Å². The van der Waals surface area contributed by atoms with Crippen molar-refractivity contribution >= 4 is 20.7 Å². The van der Waals surface area contributed by atoms with Crippen molar-refractivity contribution < 1.29 is 13.2 Å². The Morgan fingerprint density at radius 2 is 1.75 bits per heavy atom. The van der Waals surface area contributed by atoms with E-state index >= 15 is 0 Å². The van der Waals surface area contributed by atoms with E-state index in [4.69, 9.17) is 4.74 Å². The number of nitrogens with zero attached hydrogens (tertiary/aromatic N) is 3. The molecule has 6 nitrogen and oxygen atoms in total. The predicted octanol–water partition coefficient (Wildman–Crippen LogP) is 3.27. The highest BCUT2D eigenvalue weighted by Gasteiger charge is 2.26. The molecule has 0 bridgehead atoms. The minimum Gasteiger partial charge on any atom is -0.490 e. The van der Waals surface area contributed by atoms with Gasteiger partial charge in [0.1, 0.15) is 17.9 Å². The summed E-state index contributed by atoms with van der Waals surface area (Å²) in [7, 11) is -1.94. The average molecular weight is 400 g/mol. The minimum atomic E-state index is -3.69. The zero-order valence-corrected chi connectivity index (χ0v) is 16.9. The Kier molecular flexibility index (Phi) is 5.37. The third-order valence-corrected chi connectivity index (χ3v) is 6.92.